The molecular formula is C6H17NO6S. The molecule has 7 nitrogen and oxygen atoms in total. The lowest BCUT2D eigenvalue weighted by atomic mass is 10.5. The molecule has 0 bridgehead atoms. The first-order valence-corrected chi connectivity index (χ1v) is 5.16. The van der Waals surface area contributed by atoms with E-state index in [1.54, 1.807) is 20.9 Å². The monoisotopic (exact) mass is 231 g/mol. The third-order valence-electron chi connectivity index (χ3n) is 1.52. The predicted octanol–water partition coefficient (Wildman–Crippen LogP) is -2.73. The van der Waals surface area contributed by atoms with Crippen LogP contribution in [-0.2, 0) is 14.6 Å². The summed E-state index contributed by atoms with van der Waals surface area (Å²) in [5.41, 5.74) is 0. The second-order valence-corrected chi connectivity index (χ2v) is 3.82. The Balaban J connectivity index is 0. The maximum absolute atomic E-state index is 9.22. The Morgan fingerprint density at radius 2 is 1.50 bits per heavy atom. The molecule has 8 heteroatoms. The molecule has 0 aliphatic rings. The van der Waals surface area contributed by atoms with Gasteiger partial charge in [0.25, 0.3) is 0 Å². The topological polar surface area (TPSA) is 111 Å². The van der Waals surface area contributed by atoms with Gasteiger partial charge in [-0.15, -0.1) is 0 Å². The summed E-state index contributed by atoms with van der Waals surface area (Å²) in [4.78, 5) is 0.713. The van der Waals surface area contributed by atoms with E-state index in [4.69, 9.17) is 10.2 Å². The highest BCUT2D eigenvalue weighted by Gasteiger charge is 2.12. The van der Waals surface area contributed by atoms with Crippen molar-refractivity contribution < 1.29 is 32.3 Å². The molecule has 0 aliphatic carbocycles. The van der Waals surface area contributed by atoms with Crippen LogP contribution in [0.2, 0.25) is 0 Å². The molecule has 0 radical (unpaired) electrons. The smallest absolute Gasteiger partial charge is 0.217 e. The van der Waals surface area contributed by atoms with Gasteiger partial charge >= 0.3 is 0 Å². The molecule has 2 atom stereocenters. The zero-order valence-corrected chi connectivity index (χ0v) is 9.41. The quantitative estimate of drug-likeness (QED) is 0.276. The first-order valence-electron chi connectivity index (χ1n) is 3.82. The molecule has 0 heterocycles. The maximum Gasteiger partial charge on any atom is 0.217 e. The molecule has 0 fully saturated rings. The molecule has 0 saturated heterocycles. The molecule has 0 amide bonds. The summed E-state index contributed by atoms with van der Waals surface area (Å²) in [5.74, 6) is 0. The van der Waals surface area contributed by atoms with Crippen molar-refractivity contribution in [1.29, 1.82) is 0 Å². The van der Waals surface area contributed by atoms with Gasteiger partial charge in [0.2, 0.25) is 10.4 Å². The number of aliphatic hydroxyl groups excluding tert-OH is 2. The van der Waals surface area contributed by atoms with Crippen molar-refractivity contribution in [3.8, 4) is 0 Å². The van der Waals surface area contributed by atoms with E-state index >= 15 is 0 Å². The van der Waals surface area contributed by atoms with Crippen LogP contribution in [0.15, 0.2) is 0 Å². The van der Waals surface area contributed by atoms with E-state index in [-0.39, 0.29) is 0 Å². The minimum Gasteiger partial charge on any atom is -0.726 e. The zero-order valence-electron chi connectivity index (χ0n) is 8.59. The predicted molar refractivity (Wildman–Crippen MR) is 47.0 cm³/mol. The number of quaternary nitrogens is 1. The van der Waals surface area contributed by atoms with Gasteiger partial charge in [-0.1, -0.05) is 0 Å². The molecule has 0 aromatic carbocycles. The average Bonchev–Trinajstić information content (AvgIpc) is 2.02. The van der Waals surface area contributed by atoms with Crippen molar-refractivity contribution in [3.63, 3.8) is 0 Å². The Kier molecular flexibility index (Phi) is 8.21. The minimum absolute atomic E-state index is 0.491. The van der Waals surface area contributed by atoms with E-state index in [1.807, 2.05) is 0 Å². The third kappa shape index (κ3) is 11.8. The lowest BCUT2D eigenvalue weighted by molar-refractivity contribution is -0.968. The van der Waals surface area contributed by atoms with Crippen LogP contribution in [0.4, 0.5) is 0 Å². The number of hydrogen-bond donors (Lipinski definition) is 3. The van der Waals surface area contributed by atoms with Crippen LogP contribution >= 0.6 is 0 Å². The number of nitrogens with one attached hydrogen (secondary N) is 1. The molecule has 88 valence electrons. The van der Waals surface area contributed by atoms with Gasteiger partial charge in [-0.05, 0) is 0 Å². The largest absolute Gasteiger partial charge is 0.726 e. The van der Waals surface area contributed by atoms with Crippen LogP contribution in [0.25, 0.3) is 0 Å². The summed E-state index contributed by atoms with van der Waals surface area (Å²) in [6, 6.07) is 0. The van der Waals surface area contributed by atoms with E-state index in [1.165, 1.54) is 0 Å². The Hall–Kier alpha value is -0.250. The standard InChI is InChI=1S/C5H13NO2.CH4O4S/c1-4(7)6(3)5(2)8;1-5-6(2,3)4/h4-5,7-8H,1-3H3;1H3,(H,2,3,4). The van der Waals surface area contributed by atoms with Gasteiger partial charge in [0.15, 0.2) is 12.5 Å². The van der Waals surface area contributed by atoms with E-state index in [2.05, 4.69) is 4.18 Å². The lowest BCUT2D eigenvalue weighted by Gasteiger charge is -2.18. The number of rotatable bonds is 3. The van der Waals surface area contributed by atoms with Gasteiger partial charge in [0, 0.05) is 13.8 Å². The fraction of sp³-hybridized carbons (Fsp3) is 1.00. The molecule has 0 rings (SSSR count). The fourth-order valence-corrected chi connectivity index (χ4v) is 0.349. The van der Waals surface area contributed by atoms with Gasteiger partial charge in [0.1, 0.15) is 0 Å². The minimum atomic E-state index is -4.41. The van der Waals surface area contributed by atoms with Crippen LogP contribution in [-0.4, -0.2) is 49.8 Å². The molecule has 0 spiro atoms. The fourth-order valence-electron chi connectivity index (χ4n) is 0.349. The van der Waals surface area contributed by atoms with Crippen LogP contribution in [0.5, 0.6) is 0 Å². The summed E-state index contributed by atoms with van der Waals surface area (Å²) < 4.78 is 31.0. The number of aliphatic hydroxyl groups is 2. The highest BCUT2D eigenvalue weighted by molar-refractivity contribution is 7.80. The summed E-state index contributed by atoms with van der Waals surface area (Å²) >= 11 is 0. The van der Waals surface area contributed by atoms with Crippen molar-refractivity contribution in [2.24, 2.45) is 0 Å². The highest BCUT2D eigenvalue weighted by atomic mass is 32.3. The SMILES string of the molecule is CC(O)[NH+](C)C(C)O.COS(=O)(=O)[O-]. The number of hydrogen-bond acceptors (Lipinski definition) is 6. The van der Waals surface area contributed by atoms with Crippen molar-refractivity contribution in [2.75, 3.05) is 14.2 Å². The molecule has 0 aromatic rings. The van der Waals surface area contributed by atoms with Crippen LogP contribution < -0.4 is 4.90 Å². The molecular weight excluding hydrogens is 214 g/mol. The van der Waals surface area contributed by atoms with Gasteiger partial charge in [-0.25, -0.2) is 8.42 Å². The van der Waals surface area contributed by atoms with E-state index in [0.29, 0.717) is 4.90 Å². The van der Waals surface area contributed by atoms with Gasteiger partial charge in [-0.3, -0.25) is 9.08 Å². The van der Waals surface area contributed by atoms with Crippen molar-refractivity contribution in [1.82, 2.24) is 0 Å². The van der Waals surface area contributed by atoms with Gasteiger partial charge in [0.05, 0.1) is 14.2 Å². The average molecular weight is 231 g/mol. The highest BCUT2D eigenvalue weighted by Crippen LogP contribution is 1.74. The van der Waals surface area contributed by atoms with Crippen LogP contribution in [0, 0.1) is 0 Å². The summed E-state index contributed by atoms with van der Waals surface area (Å²) in [6.45, 7) is 3.28. The van der Waals surface area contributed by atoms with Crippen molar-refractivity contribution in [2.45, 2.75) is 26.3 Å². The van der Waals surface area contributed by atoms with Crippen molar-refractivity contribution >= 4 is 10.4 Å². The Morgan fingerprint density at radius 3 is 1.50 bits per heavy atom. The summed E-state index contributed by atoms with van der Waals surface area (Å²) in [5, 5.41) is 17.6. The molecule has 0 aliphatic heterocycles. The Labute approximate surface area is 83.9 Å². The van der Waals surface area contributed by atoms with E-state index in [9.17, 15) is 13.0 Å². The van der Waals surface area contributed by atoms with Gasteiger partial charge < -0.3 is 14.8 Å². The first-order chi connectivity index (χ1) is 6.11. The van der Waals surface area contributed by atoms with E-state index < -0.39 is 22.9 Å². The molecule has 2 unspecified atom stereocenters. The zero-order chi connectivity index (χ0) is 11.9. The maximum atomic E-state index is 9.22. The van der Waals surface area contributed by atoms with Gasteiger partial charge in [-0.2, -0.15) is 0 Å². The molecule has 0 saturated carbocycles. The normalized spacial score (nSPS) is 17.6. The molecule has 3 N–H and O–H groups in total. The molecule has 14 heavy (non-hydrogen) atoms. The Morgan fingerprint density at radius 1 is 1.29 bits per heavy atom. The lowest BCUT2D eigenvalue weighted by Crippen LogP contribution is -3.16. The first kappa shape index (κ1) is 16.2. The summed E-state index contributed by atoms with van der Waals surface area (Å²) in [7, 11) is -1.87. The van der Waals surface area contributed by atoms with Crippen molar-refractivity contribution in [3.05, 3.63) is 0 Å². The van der Waals surface area contributed by atoms with E-state index in [0.717, 1.165) is 7.11 Å². The second-order valence-electron chi connectivity index (χ2n) is 2.67. The third-order valence-corrected chi connectivity index (χ3v) is 1.93. The Bertz CT molecular complexity index is 216. The summed E-state index contributed by atoms with van der Waals surface area (Å²) in [6.07, 6.45) is -0.981. The van der Waals surface area contributed by atoms with Crippen LogP contribution in [0.1, 0.15) is 13.8 Å². The second kappa shape index (κ2) is 7.10. The van der Waals surface area contributed by atoms with Crippen LogP contribution in [0.3, 0.4) is 0 Å². The molecule has 0 aromatic heterocycles.